The quantitative estimate of drug-likeness (QED) is 0.648. The van der Waals surface area contributed by atoms with Crippen molar-refractivity contribution in [3.05, 3.63) is 0 Å². The molecule has 0 aliphatic carbocycles. The first kappa shape index (κ1) is 9.43. The minimum Gasteiger partial charge on any atom is -0.229 e. The van der Waals surface area contributed by atoms with Crippen LogP contribution in [0.4, 0.5) is 0 Å². The van der Waals surface area contributed by atoms with Gasteiger partial charge in [0.15, 0.2) is 9.84 Å². The Morgan fingerprint density at radius 3 is 1.67 bits per heavy atom. The highest BCUT2D eigenvalue weighted by Gasteiger charge is 2.18. The van der Waals surface area contributed by atoms with Crippen molar-refractivity contribution in [2.24, 2.45) is 0 Å². The van der Waals surface area contributed by atoms with Gasteiger partial charge in [-0.3, -0.25) is 0 Å². The normalized spacial score (nSPS) is 19.1. The molecule has 0 N–H and O–H groups in total. The van der Waals surface area contributed by atoms with Crippen molar-refractivity contribution in [2.45, 2.75) is 23.9 Å². The largest absolute Gasteiger partial charge is 0.229 e. The van der Waals surface area contributed by atoms with Crippen LogP contribution in [0.25, 0.3) is 0 Å². The Balaban J connectivity index is 4.24. The van der Waals surface area contributed by atoms with Gasteiger partial charge in [-0.2, -0.15) is 0 Å². The summed E-state index contributed by atoms with van der Waals surface area (Å²) in [6.45, 7) is 3.51. The van der Waals surface area contributed by atoms with Crippen LogP contribution in [0.3, 0.4) is 0 Å². The molecule has 0 saturated carbocycles. The molecule has 0 aromatic heterocycles. The second kappa shape index (κ2) is 3.01. The second-order valence-electron chi connectivity index (χ2n) is 2.21. The third-order valence-corrected chi connectivity index (χ3v) is 4.22. The molecular weight excluding hydrogens is 204 g/mol. The molecule has 56 valence electrons. The summed E-state index contributed by atoms with van der Waals surface area (Å²) < 4.78 is 21.5. The van der Waals surface area contributed by atoms with Crippen LogP contribution in [0, 0.1) is 0 Å². The maximum Gasteiger partial charge on any atom is 0.151 e. The Bertz CT molecular complexity index is 171. The third-order valence-electron chi connectivity index (χ3n) is 1.32. The number of halogens is 1. The SMILES string of the molecule is C[C@H](Br)[C@@H](C)S(C)(=O)=O. The lowest BCUT2D eigenvalue weighted by atomic mass is 10.4. The Hall–Kier alpha value is 0.430. The van der Waals surface area contributed by atoms with E-state index in [0.717, 1.165) is 0 Å². The van der Waals surface area contributed by atoms with E-state index in [9.17, 15) is 8.42 Å². The van der Waals surface area contributed by atoms with Crippen LogP contribution in [-0.4, -0.2) is 24.8 Å². The molecule has 0 rings (SSSR count). The molecule has 0 amide bonds. The Kier molecular flexibility index (Phi) is 3.16. The average Bonchev–Trinajstić information content (AvgIpc) is 1.62. The summed E-state index contributed by atoms with van der Waals surface area (Å²) in [5.41, 5.74) is 0. The first-order chi connectivity index (χ1) is 3.85. The fourth-order valence-electron chi connectivity index (χ4n) is 0.341. The van der Waals surface area contributed by atoms with E-state index in [4.69, 9.17) is 0 Å². The van der Waals surface area contributed by atoms with Gasteiger partial charge in [-0.05, 0) is 6.92 Å². The summed E-state index contributed by atoms with van der Waals surface area (Å²) in [5, 5.41) is -0.294. The van der Waals surface area contributed by atoms with Crippen LogP contribution in [0.15, 0.2) is 0 Å². The van der Waals surface area contributed by atoms with Gasteiger partial charge in [-0.25, -0.2) is 8.42 Å². The molecule has 0 aromatic carbocycles. The van der Waals surface area contributed by atoms with Gasteiger partial charge in [0.05, 0.1) is 5.25 Å². The lowest BCUT2D eigenvalue weighted by molar-refractivity contribution is 0.589. The van der Waals surface area contributed by atoms with Crippen LogP contribution < -0.4 is 0 Å². The minimum absolute atomic E-state index is 0.0347. The van der Waals surface area contributed by atoms with Crippen molar-refractivity contribution in [3.63, 3.8) is 0 Å². The van der Waals surface area contributed by atoms with E-state index in [2.05, 4.69) is 15.9 Å². The lowest BCUT2D eigenvalue weighted by Gasteiger charge is -2.10. The van der Waals surface area contributed by atoms with Crippen LogP contribution >= 0.6 is 15.9 Å². The van der Waals surface area contributed by atoms with Gasteiger partial charge in [-0.1, -0.05) is 22.9 Å². The lowest BCUT2D eigenvalue weighted by Crippen LogP contribution is -2.23. The molecule has 0 unspecified atom stereocenters. The molecule has 4 heteroatoms. The zero-order valence-electron chi connectivity index (χ0n) is 5.76. The first-order valence-corrected chi connectivity index (χ1v) is 5.55. The summed E-state index contributed by atoms with van der Waals surface area (Å²) in [6.07, 6.45) is 1.25. The van der Waals surface area contributed by atoms with Crippen LogP contribution in [0.1, 0.15) is 13.8 Å². The van der Waals surface area contributed by atoms with E-state index in [1.807, 2.05) is 6.92 Å². The summed E-state index contributed by atoms with van der Waals surface area (Å²) in [4.78, 5) is 0.0347. The molecule has 0 aliphatic heterocycles. The van der Waals surface area contributed by atoms with E-state index in [1.54, 1.807) is 6.92 Å². The van der Waals surface area contributed by atoms with Crippen molar-refractivity contribution in [3.8, 4) is 0 Å². The van der Waals surface area contributed by atoms with Gasteiger partial charge in [0, 0.05) is 11.1 Å². The maximum absolute atomic E-state index is 10.7. The van der Waals surface area contributed by atoms with Gasteiger partial charge in [0.2, 0.25) is 0 Å². The van der Waals surface area contributed by atoms with Crippen molar-refractivity contribution in [1.82, 2.24) is 0 Å². The number of rotatable bonds is 2. The number of sulfone groups is 1. The Morgan fingerprint density at radius 1 is 1.33 bits per heavy atom. The Labute approximate surface area is 64.7 Å². The van der Waals surface area contributed by atoms with Crippen molar-refractivity contribution >= 4 is 25.8 Å². The van der Waals surface area contributed by atoms with Crippen LogP contribution in [-0.2, 0) is 9.84 Å². The van der Waals surface area contributed by atoms with Crippen molar-refractivity contribution in [2.75, 3.05) is 6.26 Å². The van der Waals surface area contributed by atoms with Gasteiger partial charge in [0.1, 0.15) is 0 Å². The fourth-order valence-corrected chi connectivity index (χ4v) is 2.20. The molecule has 0 spiro atoms. The van der Waals surface area contributed by atoms with Crippen molar-refractivity contribution < 1.29 is 8.42 Å². The Morgan fingerprint density at radius 2 is 1.67 bits per heavy atom. The van der Waals surface area contributed by atoms with Gasteiger partial charge in [-0.15, -0.1) is 0 Å². The zero-order valence-corrected chi connectivity index (χ0v) is 8.16. The van der Waals surface area contributed by atoms with Crippen molar-refractivity contribution in [1.29, 1.82) is 0 Å². The molecule has 0 bridgehead atoms. The van der Waals surface area contributed by atoms with Gasteiger partial charge < -0.3 is 0 Å². The highest BCUT2D eigenvalue weighted by atomic mass is 79.9. The third kappa shape index (κ3) is 3.20. The number of hydrogen-bond acceptors (Lipinski definition) is 2. The molecule has 0 aromatic rings. The minimum atomic E-state index is -2.85. The standard InChI is InChI=1S/C5H11BrO2S/c1-4(6)5(2)9(3,7)8/h4-5H,1-3H3/t4-,5+/m0/s1. The summed E-state index contributed by atoms with van der Waals surface area (Å²) in [6, 6.07) is 0. The van der Waals surface area contributed by atoms with E-state index in [-0.39, 0.29) is 10.1 Å². The molecular formula is C5H11BrO2S. The van der Waals surface area contributed by atoms with E-state index >= 15 is 0 Å². The summed E-state index contributed by atoms with van der Waals surface area (Å²) >= 11 is 3.20. The second-order valence-corrected chi connectivity index (χ2v) is 6.06. The molecule has 0 fully saturated rings. The molecule has 2 atom stereocenters. The van der Waals surface area contributed by atoms with E-state index < -0.39 is 9.84 Å². The predicted octanol–water partition coefficient (Wildman–Crippen LogP) is 1.20. The molecule has 0 aliphatic rings. The molecule has 0 saturated heterocycles. The molecule has 2 nitrogen and oxygen atoms in total. The highest BCUT2D eigenvalue weighted by molar-refractivity contribution is 9.09. The maximum atomic E-state index is 10.7. The average molecular weight is 215 g/mol. The van der Waals surface area contributed by atoms with Crippen LogP contribution in [0.5, 0.6) is 0 Å². The van der Waals surface area contributed by atoms with Gasteiger partial charge in [0.25, 0.3) is 0 Å². The smallest absolute Gasteiger partial charge is 0.151 e. The molecule has 0 heterocycles. The van der Waals surface area contributed by atoms with Crippen LogP contribution in [0.2, 0.25) is 0 Å². The van der Waals surface area contributed by atoms with Gasteiger partial charge >= 0.3 is 0 Å². The summed E-state index contributed by atoms with van der Waals surface area (Å²) in [7, 11) is -2.85. The monoisotopic (exact) mass is 214 g/mol. The highest BCUT2D eigenvalue weighted by Crippen LogP contribution is 2.11. The summed E-state index contributed by atoms with van der Waals surface area (Å²) in [5.74, 6) is 0. The number of alkyl halides is 1. The fraction of sp³-hybridized carbons (Fsp3) is 1.00. The molecule has 9 heavy (non-hydrogen) atoms. The topological polar surface area (TPSA) is 34.1 Å². The van der Waals surface area contributed by atoms with E-state index in [1.165, 1.54) is 6.26 Å². The number of hydrogen-bond donors (Lipinski definition) is 0. The zero-order chi connectivity index (χ0) is 7.65. The first-order valence-electron chi connectivity index (χ1n) is 2.68. The van der Waals surface area contributed by atoms with E-state index in [0.29, 0.717) is 0 Å². The predicted molar refractivity (Wildman–Crippen MR) is 42.7 cm³/mol. The molecule has 0 radical (unpaired) electrons.